The van der Waals surface area contributed by atoms with Crippen LogP contribution in [0.4, 0.5) is 16.2 Å². The number of hydrogen-bond acceptors (Lipinski definition) is 4. The second-order valence-corrected chi connectivity index (χ2v) is 5.34. The number of anilines is 2. The number of benzene rings is 2. The minimum atomic E-state index is -0.235. The van der Waals surface area contributed by atoms with E-state index in [-0.39, 0.29) is 5.82 Å². The normalized spacial score (nSPS) is 10.4. The second kappa shape index (κ2) is 7.55. The minimum Gasteiger partial charge on any atom is -0.366 e. The summed E-state index contributed by atoms with van der Waals surface area (Å²) in [7, 11) is 0. The third-order valence-electron chi connectivity index (χ3n) is 3.52. The summed E-state index contributed by atoms with van der Waals surface area (Å²) in [5.41, 5.74) is 2.87. The van der Waals surface area contributed by atoms with Crippen LogP contribution in [0.2, 0.25) is 0 Å². The Bertz CT molecular complexity index is 788. The van der Waals surface area contributed by atoms with Gasteiger partial charge in [-0.3, -0.25) is 0 Å². The van der Waals surface area contributed by atoms with E-state index >= 15 is 0 Å². The zero-order valence-corrected chi connectivity index (χ0v) is 13.5. The average Bonchev–Trinajstić information content (AvgIpc) is 2.62. The second-order valence-electron chi connectivity index (χ2n) is 5.34. The fourth-order valence-electron chi connectivity index (χ4n) is 2.33. The van der Waals surface area contributed by atoms with Crippen molar-refractivity contribution >= 4 is 11.8 Å². The first-order chi connectivity index (χ1) is 11.7. The van der Waals surface area contributed by atoms with E-state index in [0.29, 0.717) is 12.5 Å². The fourth-order valence-corrected chi connectivity index (χ4v) is 2.33. The van der Waals surface area contributed by atoms with Crippen LogP contribution in [0.3, 0.4) is 0 Å². The fraction of sp³-hybridized carbons (Fsp3) is 0.158. The van der Waals surface area contributed by atoms with Gasteiger partial charge in [0, 0.05) is 24.7 Å². The van der Waals surface area contributed by atoms with Crippen LogP contribution < -0.4 is 10.6 Å². The van der Waals surface area contributed by atoms with Gasteiger partial charge >= 0.3 is 0 Å². The van der Waals surface area contributed by atoms with Crippen molar-refractivity contribution in [1.82, 2.24) is 9.97 Å². The van der Waals surface area contributed by atoms with Crippen molar-refractivity contribution in [2.75, 3.05) is 17.2 Å². The highest BCUT2D eigenvalue weighted by Gasteiger charge is 2.06. The largest absolute Gasteiger partial charge is 0.366 e. The predicted octanol–water partition coefficient (Wildman–Crippen LogP) is 4.33. The molecule has 0 aliphatic carbocycles. The first kappa shape index (κ1) is 15.9. The summed E-state index contributed by atoms with van der Waals surface area (Å²) in [4.78, 5) is 9.02. The topological polar surface area (TPSA) is 49.8 Å². The molecule has 24 heavy (non-hydrogen) atoms. The van der Waals surface area contributed by atoms with Crippen LogP contribution in [0.1, 0.15) is 12.5 Å². The molecule has 3 rings (SSSR count). The highest BCUT2D eigenvalue weighted by atomic mass is 19.1. The Morgan fingerprint density at radius 3 is 2.38 bits per heavy atom. The van der Waals surface area contributed by atoms with E-state index in [2.05, 4.69) is 20.6 Å². The predicted molar refractivity (Wildman–Crippen MR) is 95.4 cm³/mol. The van der Waals surface area contributed by atoms with Crippen molar-refractivity contribution in [1.29, 1.82) is 0 Å². The van der Waals surface area contributed by atoms with Crippen molar-refractivity contribution in [3.63, 3.8) is 0 Å². The first-order valence-electron chi connectivity index (χ1n) is 7.91. The van der Waals surface area contributed by atoms with Gasteiger partial charge in [0.2, 0.25) is 5.95 Å². The maximum Gasteiger partial charge on any atom is 0.225 e. The van der Waals surface area contributed by atoms with Crippen LogP contribution in [0.15, 0.2) is 60.7 Å². The number of nitrogens with one attached hydrogen (secondary N) is 2. The molecule has 5 heteroatoms. The maximum absolute atomic E-state index is 13.0. The SMILES string of the molecule is CCNc1nc(NCc2ccc(F)cc2)cc(-c2ccccc2)n1. The van der Waals surface area contributed by atoms with Crippen molar-refractivity contribution in [3.05, 3.63) is 72.0 Å². The molecule has 3 aromatic rings. The molecule has 4 nitrogen and oxygen atoms in total. The molecule has 0 spiro atoms. The lowest BCUT2D eigenvalue weighted by Crippen LogP contribution is -2.07. The van der Waals surface area contributed by atoms with Crippen molar-refractivity contribution in [2.45, 2.75) is 13.5 Å². The Morgan fingerprint density at radius 2 is 1.67 bits per heavy atom. The zero-order chi connectivity index (χ0) is 16.8. The van der Waals surface area contributed by atoms with Crippen molar-refractivity contribution in [3.8, 4) is 11.3 Å². The molecule has 0 saturated heterocycles. The summed E-state index contributed by atoms with van der Waals surface area (Å²) in [6.07, 6.45) is 0. The molecule has 0 bridgehead atoms. The van der Waals surface area contributed by atoms with E-state index in [1.54, 1.807) is 12.1 Å². The Hall–Kier alpha value is -2.95. The van der Waals surface area contributed by atoms with Gasteiger partial charge in [-0.1, -0.05) is 42.5 Å². The summed E-state index contributed by atoms with van der Waals surface area (Å²) < 4.78 is 13.0. The quantitative estimate of drug-likeness (QED) is 0.709. The molecular formula is C19H19FN4. The van der Waals surface area contributed by atoms with Crippen LogP contribution in [0, 0.1) is 5.82 Å². The van der Waals surface area contributed by atoms with E-state index in [1.165, 1.54) is 12.1 Å². The summed E-state index contributed by atoms with van der Waals surface area (Å²) in [5, 5.41) is 6.43. The highest BCUT2D eigenvalue weighted by Crippen LogP contribution is 2.21. The third kappa shape index (κ3) is 4.07. The standard InChI is InChI=1S/C19H19FN4/c1-2-21-19-23-17(15-6-4-3-5-7-15)12-18(24-19)22-13-14-8-10-16(20)11-9-14/h3-12H,2,13H2,1H3,(H2,21,22,23,24). The Balaban J connectivity index is 1.83. The molecule has 0 atom stereocenters. The summed E-state index contributed by atoms with van der Waals surface area (Å²) in [5.74, 6) is 1.08. The van der Waals surface area contributed by atoms with Gasteiger partial charge in [0.15, 0.2) is 0 Å². The van der Waals surface area contributed by atoms with Crippen molar-refractivity contribution in [2.24, 2.45) is 0 Å². The van der Waals surface area contributed by atoms with Gasteiger partial charge < -0.3 is 10.6 Å². The molecule has 0 aliphatic heterocycles. The number of nitrogens with zero attached hydrogens (tertiary/aromatic N) is 2. The Kier molecular flexibility index (Phi) is 5.01. The highest BCUT2D eigenvalue weighted by molar-refractivity contribution is 5.64. The monoisotopic (exact) mass is 322 g/mol. The summed E-state index contributed by atoms with van der Waals surface area (Å²) >= 11 is 0. The van der Waals surface area contributed by atoms with Crippen LogP contribution in [-0.4, -0.2) is 16.5 Å². The number of aromatic nitrogens is 2. The van der Waals surface area contributed by atoms with E-state index in [1.807, 2.05) is 43.3 Å². The van der Waals surface area contributed by atoms with Crippen LogP contribution in [0.25, 0.3) is 11.3 Å². The van der Waals surface area contributed by atoms with Gasteiger partial charge in [0.05, 0.1) is 5.69 Å². The molecule has 0 radical (unpaired) electrons. The summed E-state index contributed by atoms with van der Waals surface area (Å²) in [6.45, 7) is 3.32. The molecule has 122 valence electrons. The van der Waals surface area contributed by atoms with Crippen LogP contribution in [0.5, 0.6) is 0 Å². The van der Waals surface area contributed by atoms with E-state index < -0.39 is 0 Å². The Morgan fingerprint density at radius 1 is 0.917 bits per heavy atom. The number of hydrogen-bond donors (Lipinski definition) is 2. The molecule has 0 aliphatic rings. The molecule has 2 N–H and O–H groups in total. The zero-order valence-electron chi connectivity index (χ0n) is 13.5. The minimum absolute atomic E-state index is 0.235. The Labute approximate surface area is 140 Å². The van der Waals surface area contributed by atoms with E-state index in [0.717, 1.165) is 29.2 Å². The lowest BCUT2D eigenvalue weighted by Gasteiger charge is -2.11. The van der Waals surface area contributed by atoms with E-state index in [4.69, 9.17) is 0 Å². The molecule has 0 saturated carbocycles. The smallest absolute Gasteiger partial charge is 0.225 e. The molecule has 0 amide bonds. The number of halogens is 1. The van der Waals surface area contributed by atoms with Crippen LogP contribution >= 0.6 is 0 Å². The number of rotatable bonds is 6. The molecule has 2 aromatic carbocycles. The molecule has 1 heterocycles. The molecular weight excluding hydrogens is 303 g/mol. The first-order valence-corrected chi connectivity index (χ1v) is 7.91. The third-order valence-corrected chi connectivity index (χ3v) is 3.52. The van der Waals surface area contributed by atoms with E-state index in [9.17, 15) is 4.39 Å². The lowest BCUT2D eigenvalue weighted by atomic mass is 10.1. The van der Waals surface area contributed by atoms with Gasteiger partial charge in [-0.25, -0.2) is 9.37 Å². The van der Waals surface area contributed by atoms with Gasteiger partial charge in [-0.05, 0) is 24.6 Å². The van der Waals surface area contributed by atoms with Gasteiger partial charge in [0.25, 0.3) is 0 Å². The van der Waals surface area contributed by atoms with Gasteiger partial charge in [-0.15, -0.1) is 0 Å². The molecule has 1 aromatic heterocycles. The molecule has 0 fully saturated rings. The molecule has 0 unspecified atom stereocenters. The average molecular weight is 322 g/mol. The van der Waals surface area contributed by atoms with Gasteiger partial charge in [-0.2, -0.15) is 4.98 Å². The van der Waals surface area contributed by atoms with Gasteiger partial charge in [0.1, 0.15) is 11.6 Å². The lowest BCUT2D eigenvalue weighted by molar-refractivity contribution is 0.627. The summed E-state index contributed by atoms with van der Waals surface area (Å²) in [6, 6.07) is 18.3. The maximum atomic E-state index is 13.0. The van der Waals surface area contributed by atoms with Crippen molar-refractivity contribution < 1.29 is 4.39 Å². The van der Waals surface area contributed by atoms with Crippen LogP contribution in [-0.2, 0) is 6.54 Å².